The zero-order chi connectivity index (χ0) is 11.0. The molecule has 80 valence electrons. The molecule has 7 heteroatoms. The summed E-state index contributed by atoms with van der Waals surface area (Å²) in [6, 6.07) is -0.233. The van der Waals surface area contributed by atoms with Gasteiger partial charge in [0.15, 0.2) is 17.0 Å². The second-order valence-corrected chi connectivity index (χ2v) is 4.35. The van der Waals surface area contributed by atoms with E-state index in [2.05, 4.69) is 20.0 Å². The largest absolute Gasteiger partial charge is 0.364 e. The summed E-state index contributed by atoms with van der Waals surface area (Å²) < 4.78 is 0. The van der Waals surface area contributed by atoms with Gasteiger partial charge in [0, 0.05) is 14.1 Å². The van der Waals surface area contributed by atoms with Gasteiger partial charge in [0.2, 0.25) is 5.29 Å². The smallest absolute Gasteiger partial charge is 0.220 e. The van der Waals surface area contributed by atoms with Crippen molar-refractivity contribution in [1.29, 1.82) is 0 Å². The van der Waals surface area contributed by atoms with Crippen molar-refractivity contribution in [3.05, 3.63) is 0 Å². The van der Waals surface area contributed by atoms with Crippen LogP contribution in [0.15, 0.2) is 20.0 Å². The molecule has 0 fully saturated rings. The Morgan fingerprint density at radius 3 is 2.60 bits per heavy atom. The Morgan fingerprint density at radius 1 is 1.27 bits per heavy atom. The molecular weight excluding hydrogens is 234 g/mol. The zero-order valence-electron chi connectivity index (χ0n) is 8.60. The SMILES string of the molecule is CSC1=NC2=NC(Cl)=NC2C(N(C)C)=N1. The van der Waals surface area contributed by atoms with Gasteiger partial charge in [-0.3, -0.25) is 0 Å². The maximum Gasteiger partial charge on any atom is 0.220 e. The Labute approximate surface area is 97.0 Å². The lowest BCUT2D eigenvalue weighted by molar-refractivity contribution is 0.604. The van der Waals surface area contributed by atoms with Crippen LogP contribution in [0.1, 0.15) is 0 Å². The first-order chi connectivity index (χ1) is 7.11. The maximum atomic E-state index is 5.76. The molecular formula is C8H10ClN5S. The fourth-order valence-corrected chi connectivity index (χ4v) is 1.88. The number of thioether (sulfide) groups is 1. The van der Waals surface area contributed by atoms with Crippen molar-refractivity contribution in [3.8, 4) is 0 Å². The van der Waals surface area contributed by atoms with E-state index < -0.39 is 0 Å². The molecule has 0 aromatic carbocycles. The second kappa shape index (κ2) is 3.94. The number of aliphatic imine (C=N–C) groups is 4. The second-order valence-electron chi connectivity index (χ2n) is 3.23. The highest BCUT2D eigenvalue weighted by Gasteiger charge is 2.32. The molecule has 0 N–H and O–H groups in total. The summed E-state index contributed by atoms with van der Waals surface area (Å²) in [6.45, 7) is 0. The predicted molar refractivity (Wildman–Crippen MR) is 66.6 cm³/mol. The van der Waals surface area contributed by atoms with Crippen LogP contribution in [0, 0.1) is 0 Å². The quantitative estimate of drug-likeness (QED) is 0.598. The lowest BCUT2D eigenvalue weighted by atomic mass is 10.2. The van der Waals surface area contributed by atoms with Crippen LogP contribution in [0.5, 0.6) is 0 Å². The molecule has 0 aliphatic carbocycles. The number of amidine groups is 4. The van der Waals surface area contributed by atoms with Crippen LogP contribution in [-0.2, 0) is 0 Å². The predicted octanol–water partition coefficient (Wildman–Crippen LogP) is 1.05. The van der Waals surface area contributed by atoms with Gasteiger partial charge in [-0.25, -0.2) is 20.0 Å². The molecule has 2 aliphatic heterocycles. The third-order valence-corrected chi connectivity index (χ3v) is 2.72. The Morgan fingerprint density at radius 2 is 2.00 bits per heavy atom. The van der Waals surface area contributed by atoms with E-state index in [1.807, 2.05) is 25.3 Å². The summed E-state index contributed by atoms with van der Waals surface area (Å²) in [6.07, 6.45) is 1.92. The van der Waals surface area contributed by atoms with Crippen molar-refractivity contribution >= 4 is 45.5 Å². The van der Waals surface area contributed by atoms with E-state index in [1.165, 1.54) is 11.8 Å². The summed E-state index contributed by atoms with van der Waals surface area (Å²) >= 11 is 7.24. The zero-order valence-corrected chi connectivity index (χ0v) is 10.2. The van der Waals surface area contributed by atoms with Gasteiger partial charge in [0.05, 0.1) is 0 Å². The minimum absolute atomic E-state index is 0.233. The van der Waals surface area contributed by atoms with Gasteiger partial charge >= 0.3 is 0 Å². The molecule has 0 radical (unpaired) electrons. The van der Waals surface area contributed by atoms with Crippen molar-refractivity contribution in [3.63, 3.8) is 0 Å². The maximum absolute atomic E-state index is 5.76. The molecule has 0 aromatic rings. The first-order valence-electron chi connectivity index (χ1n) is 4.32. The van der Waals surface area contributed by atoms with Crippen LogP contribution < -0.4 is 0 Å². The number of rotatable bonds is 0. The van der Waals surface area contributed by atoms with Gasteiger partial charge in [0.1, 0.15) is 5.84 Å². The normalized spacial score (nSPS) is 23.9. The van der Waals surface area contributed by atoms with E-state index in [9.17, 15) is 0 Å². The summed E-state index contributed by atoms with van der Waals surface area (Å²) in [5, 5.41) is 0.936. The molecule has 0 bridgehead atoms. The molecule has 1 atom stereocenters. The van der Waals surface area contributed by atoms with Gasteiger partial charge in [-0.15, -0.1) is 0 Å². The van der Waals surface area contributed by atoms with Crippen LogP contribution in [0.2, 0.25) is 0 Å². The van der Waals surface area contributed by atoms with E-state index in [0.29, 0.717) is 11.0 Å². The molecule has 0 saturated carbocycles. The molecule has 0 aromatic heterocycles. The monoisotopic (exact) mass is 243 g/mol. The molecule has 0 spiro atoms. The van der Waals surface area contributed by atoms with E-state index >= 15 is 0 Å². The summed E-state index contributed by atoms with van der Waals surface area (Å²) in [7, 11) is 3.84. The fraction of sp³-hybridized carbons (Fsp3) is 0.500. The summed E-state index contributed by atoms with van der Waals surface area (Å²) in [5.74, 6) is 1.45. The lowest BCUT2D eigenvalue weighted by Crippen LogP contribution is -2.39. The molecule has 2 aliphatic rings. The van der Waals surface area contributed by atoms with Crippen LogP contribution in [0.3, 0.4) is 0 Å². The number of hydrogen-bond donors (Lipinski definition) is 0. The third-order valence-electron chi connectivity index (χ3n) is 1.99. The molecule has 2 heterocycles. The van der Waals surface area contributed by atoms with E-state index in [4.69, 9.17) is 11.6 Å². The van der Waals surface area contributed by atoms with Gasteiger partial charge in [0.25, 0.3) is 0 Å². The number of likely N-dealkylation sites (N-methyl/N-ethyl adjacent to an activating group) is 1. The minimum atomic E-state index is -0.233. The average molecular weight is 244 g/mol. The van der Waals surface area contributed by atoms with Crippen molar-refractivity contribution in [2.24, 2.45) is 20.0 Å². The number of hydrogen-bond acceptors (Lipinski definition) is 6. The highest BCUT2D eigenvalue weighted by Crippen LogP contribution is 2.19. The fourth-order valence-electron chi connectivity index (χ4n) is 1.33. The number of nitrogens with zero attached hydrogens (tertiary/aromatic N) is 5. The molecule has 0 amide bonds. The van der Waals surface area contributed by atoms with E-state index in [-0.39, 0.29) is 11.3 Å². The molecule has 2 rings (SSSR count). The van der Waals surface area contributed by atoms with Crippen molar-refractivity contribution in [1.82, 2.24) is 4.90 Å². The Balaban J connectivity index is 2.42. The van der Waals surface area contributed by atoms with Crippen molar-refractivity contribution < 1.29 is 0 Å². The molecule has 0 saturated heterocycles. The Bertz CT molecular complexity index is 409. The first kappa shape index (κ1) is 10.6. The summed E-state index contributed by atoms with van der Waals surface area (Å²) in [4.78, 5) is 18.8. The van der Waals surface area contributed by atoms with Gasteiger partial charge in [-0.05, 0) is 17.9 Å². The average Bonchev–Trinajstić information content (AvgIpc) is 2.55. The van der Waals surface area contributed by atoms with Crippen LogP contribution in [0.25, 0.3) is 0 Å². The first-order valence-corrected chi connectivity index (χ1v) is 5.92. The van der Waals surface area contributed by atoms with Crippen molar-refractivity contribution in [2.75, 3.05) is 20.4 Å². The Kier molecular flexibility index (Phi) is 2.79. The Hall–Kier alpha value is -0.880. The van der Waals surface area contributed by atoms with Crippen molar-refractivity contribution in [2.45, 2.75) is 6.04 Å². The van der Waals surface area contributed by atoms with E-state index in [1.54, 1.807) is 0 Å². The summed E-state index contributed by atoms with van der Waals surface area (Å²) in [5.41, 5.74) is 0. The minimum Gasteiger partial charge on any atom is -0.364 e. The molecule has 5 nitrogen and oxygen atoms in total. The number of halogens is 1. The molecule has 15 heavy (non-hydrogen) atoms. The van der Waals surface area contributed by atoms with Crippen LogP contribution in [0.4, 0.5) is 0 Å². The van der Waals surface area contributed by atoms with E-state index in [0.717, 1.165) is 5.84 Å². The van der Waals surface area contributed by atoms with Crippen LogP contribution in [-0.4, -0.2) is 53.4 Å². The van der Waals surface area contributed by atoms with Gasteiger partial charge < -0.3 is 4.90 Å². The van der Waals surface area contributed by atoms with Crippen LogP contribution >= 0.6 is 23.4 Å². The standard InChI is InChI=1S/C8H10ClN5S/c1-14(2)6-4-5(11-7(9)10-4)12-8(13-6)15-3/h4H,1-3H3. The third kappa shape index (κ3) is 1.91. The highest BCUT2D eigenvalue weighted by molar-refractivity contribution is 8.13. The highest BCUT2D eigenvalue weighted by atomic mass is 35.5. The lowest BCUT2D eigenvalue weighted by Gasteiger charge is -2.22. The van der Waals surface area contributed by atoms with Gasteiger partial charge in [-0.2, -0.15) is 0 Å². The molecule has 1 unspecified atom stereocenters. The number of fused-ring (bicyclic) bond motifs is 1. The topological polar surface area (TPSA) is 52.7 Å². The van der Waals surface area contributed by atoms with Gasteiger partial charge in [-0.1, -0.05) is 11.8 Å².